The number of aromatic nitrogens is 3. The fraction of sp³-hybridized carbons (Fsp3) is 0.143. The van der Waals surface area contributed by atoms with Crippen LogP contribution in [0.1, 0.15) is 5.56 Å². The van der Waals surface area contributed by atoms with Crippen molar-refractivity contribution in [1.29, 1.82) is 5.26 Å². The molecule has 0 amide bonds. The van der Waals surface area contributed by atoms with Crippen LogP contribution in [0.2, 0.25) is 0 Å². The zero-order chi connectivity index (χ0) is 19.7. The minimum atomic E-state index is 0.511. The number of hydrogen-bond acceptors (Lipinski definition) is 5. The number of H-pyrrole nitrogens is 1. The van der Waals surface area contributed by atoms with E-state index < -0.39 is 0 Å². The van der Waals surface area contributed by atoms with Crippen LogP contribution in [-0.2, 0) is 0 Å². The summed E-state index contributed by atoms with van der Waals surface area (Å²) < 4.78 is 1.82. The summed E-state index contributed by atoms with van der Waals surface area (Å²) >= 11 is 1.69. The number of aromatic amines is 1. The normalized spacial score (nSPS) is 10.8. The van der Waals surface area contributed by atoms with E-state index >= 15 is 0 Å². The van der Waals surface area contributed by atoms with Gasteiger partial charge in [0.15, 0.2) is 11.5 Å². The van der Waals surface area contributed by atoms with Crippen LogP contribution in [0, 0.1) is 11.3 Å². The number of anilines is 3. The second-order valence-electron chi connectivity index (χ2n) is 6.57. The molecule has 0 saturated heterocycles. The van der Waals surface area contributed by atoms with E-state index in [4.69, 9.17) is 4.98 Å². The predicted octanol–water partition coefficient (Wildman–Crippen LogP) is 4.73. The number of thioether (sulfide) groups is 1. The van der Waals surface area contributed by atoms with Gasteiger partial charge in [-0.1, -0.05) is 18.2 Å². The number of nitrogens with one attached hydrogen (secondary N) is 2. The quantitative estimate of drug-likeness (QED) is 0.484. The zero-order valence-electron chi connectivity index (χ0n) is 15.9. The number of rotatable bonds is 5. The lowest BCUT2D eigenvalue weighted by molar-refractivity contribution is 0.980. The Morgan fingerprint density at radius 1 is 1.18 bits per heavy atom. The Bertz CT molecular complexity index is 1160. The lowest BCUT2D eigenvalue weighted by atomic mass is 10.1. The van der Waals surface area contributed by atoms with Crippen LogP contribution < -0.4 is 10.2 Å². The molecule has 0 fully saturated rings. The smallest absolute Gasteiger partial charge is 0.173 e. The van der Waals surface area contributed by atoms with Gasteiger partial charge in [0.05, 0.1) is 0 Å². The number of nitriles is 1. The largest absolute Gasteiger partial charge is 0.378 e. The Hall–Kier alpha value is -3.37. The van der Waals surface area contributed by atoms with Gasteiger partial charge in [-0.05, 0) is 36.6 Å². The van der Waals surface area contributed by atoms with E-state index in [-0.39, 0.29) is 0 Å². The highest BCUT2D eigenvalue weighted by Gasteiger charge is 2.18. The van der Waals surface area contributed by atoms with Crippen LogP contribution >= 0.6 is 11.8 Å². The molecule has 2 aromatic heterocycles. The van der Waals surface area contributed by atoms with Gasteiger partial charge in [0.1, 0.15) is 17.3 Å². The van der Waals surface area contributed by atoms with E-state index in [9.17, 15) is 5.26 Å². The molecule has 0 spiro atoms. The molecular weight excluding hydrogens is 368 g/mol. The molecule has 6 nitrogen and oxygen atoms in total. The van der Waals surface area contributed by atoms with Gasteiger partial charge in [-0.3, -0.25) is 5.10 Å². The first-order chi connectivity index (χ1) is 13.6. The highest BCUT2D eigenvalue weighted by atomic mass is 32.2. The van der Waals surface area contributed by atoms with E-state index in [0.717, 1.165) is 28.5 Å². The molecule has 2 heterocycles. The van der Waals surface area contributed by atoms with Gasteiger partial charge in [0.25, 0.3) is 0 Å². The van der Waals surface area contributed by atoms with Crippen LogP contribution in [0.4, 0.5) is 17.2 Å². The second-order valence-corrected chi connectivity index (χ2v) is 7.44. The molecule has 7 heteroatoms. The maximum Gasteiger partial charge on any atom is 0.173 e. The molecule has 140 valence electrons. The SMILES string of the molecule is CSc1cccc(Nc2c(-c3ccc(N(C)C)cc3)nc3c(C#N)c[nH]n23)c1. The van der Waals surface area contributed by atoms with Crippen molar-refractivity contribution in [3.05, 3.63) is 60.3 Å². The Kier molecular flexibility index (Phi) is 4.72. The number of hydrogen-bond donors (Lipinski definition) is 2. The molecule has 2 aromatic carbocycles. The minimum absolute atomic E-state index is 0.511. The van der Waals surface area contributed by atoms with Gasteiger partial charge < -0.3 is 10.2 Å². The number of imidazole rings is 1. The summed E-state index contributed by atoms with van der Waals surface area (Å²) in [4.78, 5) is 7.99. The molecule has 4 rings (SSSR count). The number of fused-ring (bicyclic) bond motifs is 1. The third-order valence-corrected chi connectivity index (χ3v) is 5.29. The molecule has 0 saturated carbocycles. The van der Waals surface area contributed by atoms with Crippen LogP contribution in [0.15, 0.2) is 59.6 Å². The van der Waals surface area contributed by atoms with E-state index in [1.165, 1.54) is 4.90 Å². The average Bonchev–Trinajstić information content (AvgIpc) is 3.28. The fourth-order valence-corrected chi connectivity index (χ4v) is 3.53. The Labute approximate surface area is 167 Å². The summed E-state index contributed by atoms with van der Waals surface area (Å²) in [5.74, 6) is 0.798. The van der Waals surface area contributed by atoms with Crippen molar-refractivity contribution in [1.82, 2.24) is 14.6 Å². The topological polar surface area (TPSA) is 72.2 Å². The third-order valence-electron chi connectivity index (χ3n) is 4.57. The predicted molar refractivity (Wildman–Crippen MR) is 116 cm³/mol. The van der Waals surface area contributed by atoms with Crippen LogP contribution in [0.5, 0.6) is 0 Å². The maximum atomic E-state index is 9.40. The van der Waals surface area contributed by atoms with Gasteiger partial charge in [0.2, 0.25) is 0 Å². The lowest BCUT2D eigenvalue weighted by Gasteiger charge is -2.13. The molecule has 0 unspecified atom stereocenters. The monoisotopic (exact) mass is 388 g/mol. The van der Waals surface area contributed by atoms with Gasteiger partial charge in [-0.25, -0.2) is 9.50 Å². The van der Waals surface area contributed by atoms with Crippen molar-refractivity contribution in [2.75, 3.05) is 30.6 Å². The minimum Gasteiger partial charge on any atom is -0.378 e. The summed E-state index contributed by atoms with van der Waals surface area (Å²) in [5, 5.41) is 16.0. The molecule has 0 aliphatic carbocycles. The molecule has 0 aliphatic heterocycles. The Morgan fingerprint density at radius 3 is 2.64 bits per heavy atom. The third kappa shape index (κ3) is 3.19. The van der Waals surface area contributed by atoms with Crippen molar-refractivity contribution in [2.24, 2.45) is 0 Å². The van der Waals surface area contributed by atoms with Crippen molar-refractivity contribution >= 4 is 34.6 Å². The van der Waals surface area contributed by atoms with Crippen molar-refractivity contribution in [2.45, 2.75) is 4.90 Å². The summed E-state index contributed by atoms with van der Waals surface area (Å²) in [6, 6.07) is 18.6. The molecule has 2 N–H and O–H groups in total. The summed E-state index contributed by atoms with van der Waals surface area (Å²) in [6.07, 6.45) is 3.72. The van der Waals surface area contributed by atoms with Crippen LogP contribution in [0.25, 0.3) is 16.9 Å². The zero-order valence-corrected chi connectivity index (χ0v) is 16.7. The Balaban J connectivity index is 1.84. The number of benzene rings is 2. The van der Waals surface area contributed by atoms with E-state index in [2.05, 4.69) is 51.9 Å². The maximum absolute atomic E-state index is 9.40. The van der Waals surface area contributed by atoms with Gasteiger partial charge in [0, 0.05) is 42.1 Å². The second kappa shape index (κ2) is 7.33. The molecule has 0 aliphatic rings. The van der Waals surface area contributed by atoms with Gasteiger partial charge in [-0.2, -0.15) is 5.26 Å². The first-order valence-electron chi connectivity index (χ1n) is 8.79. The van der Waals surface area contributed by atoms with E-state index in [1.807, 2.05) is 42.9 Å². The molecule has 0 bridgehead atoms. The molecule has 0 radical (unpaired) electrons. The number of nitrogens with zero attached hydrogens (tertiary/aromatic N) is 4. The molecule has 28 heavy (non-hydrogen) atoms. The van der Waals surface area contributed by atoms with Crippen molar-refractivity contribution in [3.8, 4) is 17.3 Å². The standard InChI is InChI=1S/C21H20N6S/c1-26(2)17-9-7-14(8-10-17)19-21(24-16-5-4-6-18(11-16)28-3)27-20(25-19)15(12-22)13-23-27/h4-11,13,23-24H,1-3H3. The highest BCUT2D eigenvalue weighted by Crippen LogP contribution is 2.33. The highest BCUT2D eigenvalue weighted by molar-refractivity contribution is 7.98. The molecule has 0 atom stereocenters. The summed E-state index contributed by atoms with van der Waals surface area (Å²) in [5.41, 5.74) is 4.98. The first-order valence-corrected chi connectivity index (χ1v) is 10.0. The van der Waals surface area contributed by atoms with Crippen LogP contribution in [0.3, 0.4) is 0 Å². The van der Waals surface area contributed by atoms with Gasteiger partial charge in [-0.15, -0.1) is 11.8 Å². The molecule has 4 aromatic rings. The average molecular weight is 389 g/mol. The summed E-state index contributed by atoms with van der Waals surface area (Å²) in [7, 11) is 4.03. The van der Waals surface area contributed by atoms with E-state index in [1.54, 1.807) is 18.0 Å². The fourth-order valence-electron chi connectivity index (χ4n) is 3.07. The van der Waals surface area contributed by atoms with E-state index in [0.29, 0.717) is 11.2 Å². The molecular formula is C21H20N6S. The van der Waals surface area contributed by atoms with Gasteiger partial charge >= 0.3 is 0 Å². The van der Waals surface area contributed by atoms with Crippen molar-refractivity contribution in [3.63, 3.8) is 0 Å². The first kappa shape index (κ1) is 18.0. The Morgan fingerprint density at radius 2 is 1.96 bits per heavy atom. The summed E-state index contributed by atoms with van der Waals surface area (Å²) in [6.45, 7) is 0. The van der Waals surface area contributed by atoms with Crippen LogP contribution in [-0.4, -0.2) is 34.9 Å². The lowest BCUT2D eigenvalue weighted by Crippen LogP contribution is -2.08. The van der Waals surface area contributed by atoms with Crippen molar-refractivity contribution < 1.29 is 0 Å².